The number of benzene rings is 1. The molecule has 0 aliphatic rings. The molecule has 2 rings (SSSR count). The van der Waals surface area contributed by atoms with Gasteiger partial charge in [0.1, 0.15) is 5.75 Å². The third-order valence-corrected chi connectivity index (χ3v) is 4.67. The molecule has 1 aromatic carbocycles. The third kappa shape index (κ3) is 3.89. The summed E-state index contributed by atoms with van der Waals surface area (Å²) in [5.41, 5.74) is 10.4. The van der Waals surface area contributed by atoms with Gasteiger partial charge < -0.3 is 15.0 Å². The highest BCUT2D eigenvalue weighted by molar-refractivity contribution is 6.03. The number of ether oxygens (including phenoxy) is 1. The number of hydrogen-bond acceptors (Lipinski definition) is 2. The molecule has 136 valence electrons. The fourth-order valence-electron chi connectivity index (χ4n) is 3.43. The van der Waals surface area contributed by atoms with E-state index in [0.29, 0.717) is 11.5 Å². The normalized spacial score (nSPS) is 11.1. The van der Waals surface area contributed by atoms with Gasteiger partial charge in [-0.2, -0.15) is 0 Å². The highest BCUT2D eigenvalue weighted by atomic mass is 16.5. The van der Waals surface area contributed by atoms with E-state index in [0.717, 1.165) is 48.4 Å². The molecule has 0 bridgehead atoms. The molecule has 0 saturated carbocycles. The van der Waals surface area contributed by atoms with E-state index in [1.807, 2.05) is 31.2 Å². The van der Waals surface area contributed by atoms with Crippen LogP contribution in [0.15, 0.2) is 24.3 Å². The van der Waals surface area contributed by atoms with E-state index in [4.69, 9.17) is 10.5 Å². The Hall–Kier alpha value is -2.23. The number of para-hydroxylation sites is 1. The number of primary amides is 1. The maximum Gasteiger partial charge on any atom is 0.251 e. The third-order valence-electron chi connectivity index (χ3n) is 4.67. The Kier molecular flexibility index (Phi) is 6.29. The Balaban J connectivity index is 2.75. The lowest BCUT2D eigenvalue weighted by Gasteiger charge is -2.15. The Morgan fingerprint density at radius 1 is 1.28 bits per heavy atom. The van der Waals surface area contributed by atoms with E-state index in [1.165, 1.54) is 5.69 Å². The SMILES string of the molecule is CCCc1c(-c2ccccc2OC)c(C(N)=O)c(C)n1CCC(C)C. The summed E-state index contributed by atoms with van der Waals surface area (Å²) in [7, 11) is 1.66. The van der Waals surface area contributed by atoms with Crippen molar-refractivity contribution in [1.82, 2.24) is 4.57 Å². The summed E-state index contributed by atoms with van der Waals surface area (Å²) < 4.78 is 7.84. The molecule has 0 aliphatic carbocycles. The number of carbonyl (C=O) groups is 1. The lowest BCUT2D eigenvalue weighted by atomic mass is 9.97. The van der Waals surface area contributed by atoms with E-state index in [9.17, 15) is 4.79 Å². The quantitative estimate of drug-likeness (QED) is 0.764. The summed E-state index contributed by atoms with van der Waals surface area (Å²) in [6, 6.07) is 7.84. The number of methoxy groups -OCH3 is 1. The molecule has 0 radical (unpaired) electrons. The second-order valence-corrected chi connectivity index (χ2v) is 6.93. The van der Waals surface area contributed by atoms with Crippen molar-refractivity contribution in [1.29, 1.82) is 0 Å². The van der Waals surface area contributed by atoms with Crippen LogP contribution in [0.1, 0.15) is 55.4 Å². The van der Waals surface area contributed by atoms with Crippen molar-refractivity contribution in [3.05, 3.63) is 41.2 Å². The molecule has 2 N–H and O–H groups in total. The summed E-state index contributed by atoms with van der Waals surface area (Å²) in [6.45, 7) is 9.49. The van der Waals surface area contributed by atoms with Crippen LogP contribution in [0.3, 0.4) is 0 Å². The zero-order chi connectivity index (χ0) is 18.6. The van der Waals surface area contributed by atoms with Crippen molar-refractivity contribution in [3.8, 4) is 16.9 Å². The van der Waals surface area contributed by atoms with Crippen LogP contribution in [0.5, 0.6) is 5.75 Å². The fraction of sp³-hybridized carbons (Fsp3) is 0.476. The first-order valence-electron chi connectivity index (χ1n) is 9.07. The second-order valence-electron chi connectivity index (χ2n) is 6.93. The minimum atomic E-state index is -0.376. The van der Waals surface area contributed by atoms with Crippen LogP contribution >= 0.6 is 0 Å². The van der Waals surface area contributed by atoms with E-state index in [2.05, 4.69) is 25.3 Å². The Labute approximate surface area is 151 Å². The summed E-state index contributed by atoms with van der Waals surface area (Å²) in [5.74, 6) is 0.991. The number of carbonyl (C=O) groups excluding carboxylic acids is 1. The molecule has 2 aromatic rings. The number of nitrogens with zero attached hydrogens (tertiary/aromatic N) is 1. The molecule has 0 atom stereocenters. The van der Waals surface area contributed by atoms with Crippen LogP contribution in [0.4, 0.5) is 0 Å². The van der Waals surface area contributed by atoms with Gasteiger partial charge in [-0.25, -0.2) is 0 Å². The van der Waals surface area contributed by atoms with Crippen LogP contribution in [0.25, 0.3) is 11.1 Å². The zero-order valence-electron chi connectivity index (χ0n) is 16.1. The monoisotopic (exact) mass is 342 g/mol. The molecule has 1 aromatic heterocycles. The number of aromatic nitrogens is 1. The first-order valence-corrected chi connectivity index (χ1v) is 9.07. The Bertz CT molecular complexity index is 745. The van der Waals surface area contributed by atoms with Gasteiger partial charge in [-0.1, -0.05) is 45.4 Å². The zero-order valence-corrected chi connectivity index (χ0v) is 16.1. The number of amides is 1. The average molecular weight is 342 g/mol. The van der Waals surface area contributed by atoms with Crippen molar-refractivity contribution in [2.24, 2.45) is 11.7 Å². The van der Waals surface area contributed by atoms with Crippen LogP contribution in [-0.4, -0.2) is 17.6 Å². The average Bonchev–Trinajstić information content (AvgIpc) is 2.85. The molecule has 0 aliphatic heterocycles. The highest BCUT2D eigenvalue weighted by Gasteiger charge is 2.25. The van der Waals surface area contributed by atoms with E-state index in [1.54, 1.807) is 7.11 Å². The predicted molar refractivity (Wildman–Crippen MR) is 103 cm³/mol. The lowest BCUT2D eigenvalue weighted by Crippen LogP contribution is -2.14. The van der Waals surface area contributed by atoms with Gasteiger partial charge in [0.2, 0.25) is 0 Å². The van der Waals surface area contributed by atoms with Crippen LogP contribution < -0.4 is 10.5 Å². The molecule has 0 saturated heterocycles. The smallest absolute Gasteiger partial charge is 0.251 e. The summed E-state index contributed by atoms with van der Waals surface area (Å²) in [4.78, 5) is 12.3. The maximum absolute atomic E-state index is 12.3. The van der Waals surface area contributed by atoms with Crippen LogP contribution in [-0.2, 0) is 13.0 Å². The fourth-order valence-corrected chi connectivity index (χ4v) is 3.43. The maximum atomic E-state index is 12.3. The number of nitrogens with two attached hydrogens (primary N) is 1. The molecule has 4 nitrogen and oxygen atoms in total. The molecule has 0 spiro atoms. The van der Waals surface area contributed by atoms with Gasteiger partial charge in [-0.05, 0) is 31.7 Å². The van der Waals surface area contributed by atoms with Gasteiger partial charge in [-0.3, -0.25) is 4.79 Å². The topological polar surface area (TPSA) is 57.2 Å². The van der Waals surface area contributed by atoms with Gasteiger partial charge in [0.05, 0.1) is 12.7 Å². The van der Waals surface area contributed by atoms with Gasteiger partial charge in [0.15, 0.2) is 0 Å². The lowest BCUT2D eigenvalue weighted by molar-refractivity contribution is 0.1000. The number of rotatable bonds is 8. The summed E-state index contributed by atoms with van der Waals surface area (Å²) >= 11 is 0. The molecular formula is C21H30N2O2. The Morgan fingerprint density at radius 2 is 1.96 bits per heavy atom. The van der Waals surface area contributed by atoms with Crippen LogP contribution in [0, 0.1) is 12.8 Å². The summed E-state index contributed by atoms with van der Waals surface area (Å²) in [5, 5.41) is 0. The molecule has 0 unspecified atom stereocenters. The first-order chi connectivity index (χ1) is 11.9. The van der Waals surface area contributed by atoms with Crippen molar-refractivity contribution < 1.29 is 9.53 Å². The van der Waals surface area contributed by atoms with Gasteiger partial charge >= 0.3 is 0 Å². The van der Waals surface area contributed by atoms with Gasteiger partial charge in [0.25, 0.3) is 5.91 Å². The first kappa shape index (κ1) is 19.1. The van der Waals surface area contributed by atoms with Crippen molar-refractivity contribution >= 4 is 5.91 Å². The molecule has 1 heterocycles. The van der Waals surface area contributed by atoms with E-state index < -0.39 is 0 Å². The van der Waals surface area contributed by atoms with Crippen LogP contribution in [0.2, 0.25) is 0 Å². The van der Waals surface area contributed by atoms with E-state index >= 15 is 0 Å². The van der Waals surface area contributed by atoms with Crippen molar-refractivity contribution in [3.63, 3.8) is 0 Å². The standard InChI is InChI=1S/C21H30N2O2/c1-6-9-17-20(16-10-7-8-11-18(16)25-5)19(21(22)24)15(4)23(17)13-12-14(2)3/h7-8,10-11,14H,6,9,12-13H2,1-5H3,(H2,22,24). The molecule has 1 amide bonds. The molecule has 25 heavy (non-hydrogen) atoms. The number of hydrogen-bond donors (Lipinski definition) is 1. The molecular weight excluding hydrogens is 312 g/mol. The Morgan fingerprint density at radius 3 is 2.52 bits per heavy atom. The second kappa shape index (κ2) is 8.24. The van der Waals surface area contributed by atoms with Gasteiger partial charge in [0, 0.05) is 29.1 Å². The molecule has 0 fully saturated rings. The predicted octanol–water partition coefficient (Wildman–Crippen LogP) is 4.57. The minimum absolute atomic E-state index is 0.376. The van der Waals surface area contributed by atoms with Crippen molar-refractivity contribution in [2.45, 2.75) is 53.5 Å². The highest BCUT2D eigenvalue weighted by Crippen LogP contribution is 2.38. The largest absolute Gasteiger partial charge is 0.496 e. The van der Waals surface area contributed by atoms with Gasteiger partial charge in [-0.15, -0.1) is 0 Å². The van der Waals surface area contributed by atoms with Crippen molar-refractivity contribution in [2.75, 3.05) is 7.11 Å². The molecule has 4 heteroatoms. The van der Waals surface area contributed by atoms with E-state index in [-0.39, 0.29) is 5.91 Å². The summed E-state index contributed by atoms with van der Waals surface area (Å²) in [6.07, 6.45) is 2.97. The minimum Gasteiger partial charge on any atom is -0.496 e.